The lowest BCUT2D eigenvalue weighted by atomic mass is 10.1. The van der Waals surface area contributed by atoms with Crippen LogP contribution < -0.4 is 19.5 Å². The fourth-order valence-corrected chi connectivity index (χ4v) is 2.33. The van der Waals surface area contributed by atoms with Gasteiger partial charge < -0.3 is 19.5 Å². The Morgan fingerprint density at radius 3 is 2.46 bits per heavy atom. The number of fused-ring (bicyclic) bond motifs is 1. The number of hydrogen-bond acceptors (Lipinski definition) is 5. The van der Waals surface area contributed by atoms with Gasteiger partial charge >= 0.3 is 0 Å². The van der Waals surface area contributed by atoms with Gasteiger partial charge in [-0.05, 0) is 32.0 Å². The van der Waals surface area contributed by atoms with Crippen LogP contribution in [0.4, 0.5) is 5.69 Å². The fraction of sp³-hybridized carbons (Fsp3) is 0.222. The van der Waals surface area contributed by atoms with Gasteiger partial charge in [0.05, 0.1) is 5.69 Å². The van der Waals surface area contributed by atoms with Gasteiger partial charge in [-0.1, -0.05) is 18.2 Å². The van der Waals surface area contributed by atoms with Crippen molar-refractivity contribution in [3.8, 4) is 17.2 Å². The standard InChI is InChI=1S/C18H17NO5/c1-11(20)14-8-16-17(23-10-22-16)9-15(14)19-18(21)12(2)24-13-6-4-3-5-7-13/h3-9,12H,10H2,1-2H3,(H,19,21)/t12-/m1/s1. The van der Waals surface area contributed by atoms with Gasteiger partial charge in [0, 0.05) is 11.6 Å². The second kappa shape index (κ2) is 6.62. The van der Waals surface area contributed by atoms with Crippen LogP contribution in [0.2, 0.25) is 0 Å². The van der Waals surface area contributed by atoms with Crippen LogP contribution in [0.5, 0.6) is 17.2 Å². The molecular weight excluding hydrogens is 310 g/mol. The maximum atomic E-state index is 12.4. The Morgan fingerprint density at radius 1 is 1.12 bits per heavy atom. The lowest BCUT2D eigenvalue weighted by Crippen LogP contribution is -2.30. The topological polar surface area (TPSA) is 73.9 Å². The molecule has 0 aliphatic carbocycles. The summed E-state index contributed by atoms with van der Waals surface area (Å²) in [4.78, 5) is 24.2. The van der Waals surface area contributed by atoms with Crippen LogP contribution in [-0.2, 0) is 4.79 Å². The molecule has 0 aromatic heterocycles. The highest BCUT2D eigenvalue weighted by atomic mass is 16.7. The summed E-state index contributed by atoms with van der Waals surface area (Å²) in [6.45, 7) is 3.16. The van der Waals surface area contributed by atoms with Crippen molar-refractivity contribution >= 4 is 17.4 Å². The zero-order chi connectivity index (χ0) is 17.1. The van der Waals surface area contributed by atoms with Gasteiger partial charge in [-0.2, -0.15) is 0 Å². The van der Waals surface area contributed by atoms with Crippen molar-refractivity contribution in [2.24, 2.45) is 0 Å². The van der Waals surface area contributed by atoms with E-state index in [9.17, 15) is 9.59 Å². The minimum atomic E-state index is -0.724. The number of rotatable bonds is 5. The molecule has 1 heterocycles. The van der Waals surface area contributed by atoms with Crippen molar-refractivity contribution in [2.75, 3.05) is 12.1 Å². The largest absolute Gasteiger partial charge is 0.481 e. The summed E-state index contributed by atoms with van der Waals surface area (Å²) in [6, 6.07) is 12.2. The van der Waals surface area contributed by atoms with E-state index in [1.807, 2.05) is 18.2 Å². The summed E-state index contributed by atoms with van der Waals surface area (Å²) in [5, 5.41) is 2.72. The number of hydrogen-bond donors (Lipinski definition) is 1. The van der Waals surface area contributed by atoms with Crippen molar-refractivity contribution in [1.82, 2.24) is 0 Å². The Balaban J connectivity index is 1.77. The number of amides is 1. The quantitative estimate of drug-likeness (QED) is 0.855. The smallest absolute Gasteiger partial charge is 0.265 e. The van der Waals surface area contributed by atoms with Crippen LogP contribution in [0, 0.1) is 0 Å². The Labute approximate surface area is 139 Å². The average molecular weight is 327 g/mol. The molecule has 0 fully saturated rings. The first-order valence-electron chi connectivity index (χ1n) is 7.52. The van der Waals surface area contributed by atoms with Crippen molar-refractivity contribution in [3.63, 3.8) is 0 Å². The summed E-state index contributed by atoms with van der Waals surface area (Å²) in [7, 11) is 0. The van der Waals surface area contributed by atoms with Gasteiger partial charge in [-0.15, -0.1) is 0 Å². The van der Waals surface area contributed by atoms with Crippen molar-refractivity contribution in [2.45, 2.75) is 20.0 Å². The molecule has 0 spiro atoms. The third kappa shape index (κ3) is 3.32. The van der Waals surface area contributed by atoms with E-state index in [2.05, 4.69) is 5.32 Å². The highest BCUT2D eigenvalue weighted by Crippen LogP contribution is 2.37. The highest BCUT2D eigenvalue weighted by Gasteiger charge is 2.22. The minimum absolute atomic E-state index is 0.0948. The molecule has 0 saturated heterocycles. The van der Waals surface area contributed by atoms with Crippen molar-refractivity contribution < 1.29 is 23.8 Å². The van der Waals surface area contributed by atoms with Crippen LogP contribution in [-0.4, -0.2) is 24.6 Å². The van der Waals surface area contributed by atoms with Crippen LogP contribution in [0.1, 0.15) is 24.2 Å². The average Bonchev–Trinajstić information content (AvgIpc) is 3.02. The molecule has 0 saturated carbocycles. The Morgan fingerprint density at radius 2 is 1.79 bits per heavy atom. The van der Waals surface area contributed by atoms with Crippen LogP contribution in [0.15, 0.2) is 42.5 Å². The Hall–Kier alpha value is -3.02. The summed E-state index contributed by atoms with van der Waals surface area (Å²) in [5.74, 6) is 1.04. The van der Waals surface area contributed by atoms with E-state index >= 15 is 0 Å². The van der Waals surface area contributed by atoms with E-state index < -0.39 is 6.10 Å². The monoisotopic (exact) mass is 327 g/mol. The lowest BCUT2D eigenvalue weighted by molar-refractivity contribution is -0.122. The number of carbonyl (C=O) groups is 2. The number of carbonyl (C=O) groups excluding carboxylic acids is 2. The van der Waals surface area contributed by atoms with E-state index in [1.54, 1.807) is 31.2 Å². The van der Waals surface area contributed by atoms with Gasteiger partial charge in [-0.3, -0.25) is 9.59 Å². The SMILES string of the molecule is CC(=O)c1cc2c(cc1NC(=O)[C@@H](C)Oc1ccccc1)OCO2. The maximum absolute atomic E-state index is 12.4. The third-order valence-electron chi connectivity index (χ3n) is 3.58. The van der Waals surface area contributed by atoms with Crippen molar-refractivity contribution in [1.29, 1.82) is 0 Å². The molecule has 1 aliphatic rings. The van der Waals surface area contributed by atoms with E-state index in [1.165, 1.54) is 6.92 Å². The number of benzene rings is 2. The van der Waals surface area contributed by atoms with Crippen LogP contribution >= 0.6 is 0 Å². The summed E-state index contributed by atoms with van der Waals surface area (Å²) < 4.78 is 16.1. The van der Waals surface area contributed by atoms with Crippen LogP contribution in [0.3, 0.4) is 0 Å². The zero-order valence-corrected chi connectivity index (χ0v) is 13.4. The minimum Gasteiger partial charge on any atom is -0.481 e. The molecular formula is C18H17NO5. The molecule has 1 aliphatic heterocycles. The predicted octanol–water partition coefficient (Wildman–Crippen LogP) is 3.02. The van der Waals surface area contributed by atoms with Crippen molar-refractivity contribution in [3.05, 3.63) is 48.0 Å². The normalized spacial score (nSPS) is 13.2. The van der Waals surface area contributed by atoms with Gasteiger partial charge in [0.2, 0.25) is 6.79 Å². The van der Waals surface area contributed by atoms with E-state index in [4.69, 9.17) is 14.2 Å². The van der Waals surface area contributed by atoms with Gasteiger partial charge in [-0.25, -0.2) is 0 Å². The third-order valence-corrected chi connectivity index (χ3v) is 3.58. The summed E-state index contributed by atoms with van der Waals surface area (Å²) >= 11 is 0. The molecule has 124 valence electrons. The number of para-hydroxylation sites is 1. The zero-order valence-electron chi connectivity index (χ0n) is 13.4. The molecule has 2 aromatic carbocycles. The van der Waals surface area contributed by atoms with Gasteiger partial charge in [0.15, 0.2) is 23.4 Å². The first-order chi connectivity index (χ1) is 11.5. The second-order valence-electron chi connectivity index (χ2n) is 5.37. The maximum Gasteiger partial charge on any atom is 0.265 e. The summed E-state index contributed by atoms with van der Waals surface area (Å²) in [5.41, 5.74) is 0.736. The molecule has 2 aromatic rings. The molecule has 3 rings (SSSR count). The highest BCUT2D eigenvalue weighted by molar-refractivity contribution is 6.05. The molecule has 0 bridgehead atoms. The van der Waals surface area contributed by atoms with E-state index in [0.717, 1.165) is 0 Å². The van der Waals surface area contributed by atoms with E-state index in [-0.39, 0.29) is 18.5 Å². The molecule has 0 radical (unpaired) electrons. The summed E-state index contributed by atoms with van der Waals surface area (Å²) in [6.07, 6.45) is -0.724. The number of ether oxygens (including phenoxy) is 3. The Bertz CT molecular complexity index is 772. The fourth-order valence-electron chi connectivity index (χ4n) is 2.33. The number of ketones is 1. The van der Waals surface area contributed by atoms with E-state index in [0.29, 0.717) is 28.5 Å². The molecule has 6 heteroatoms. The Kier molecular flexibility index (Phi) is 4.37. The van der Waals surface area contributed by atoms with Gasteiger partial charge in [0.25, 0.3) is 5.91 Å². The number of anilines is 1. The molecule has 6 nitrogen and oxygen atoms in total. The molecule has 24 heavy (non-hydrogen) atoms. The molecule has 1 N–H and O–H groups in total. The molecule has 0 unspecified atom stereocenters. The first kappa shape index (κ1) is 15.9. The molecule has 1 atom stereocenters. The number of nitrogens with one attached hydrogen (secondary N) is 1. The molecule has 1 amide bonds. The predicted molar refractivity (Wildman–Crippen MR) is 87.7 cm³/mol. The number of Topliss-reactive ketones (excluding diaryl/α,β-unsaturated/α-hetero) is 1. The van der Waals surface area contributed by atoms with Gasteiger partial charge in [0.1, 0.15) is 5.75 Å². The first-order valence-corrected chi connectivity index (χ1v) is 7.52. The van der Waals surface area contributed by atoms with Crippen LogP contribution in [0.25, 0.3) is 0 Å². The second-order valence-corrected chi connectivity index (χ2v) is 5.37. The lowest BCUT2D eigenvalue weighted by Gasteiger charge is -2.16.